The summed E-state index contributed by atoms with van der Waals surface area (Å²) in [5.41, 5.74) is 2.31. The van der Waals surface area contributed by atoms with Gasteiger partial charge in [0.25, 0.3) is 0 Å². The first kappa shape index (κ1) is 11.8. The fourth-order valence-corrected chi connectivity index (χ4v) is 2.59. The van der Waals surface area contributed by atoms with Gasteiger partial charge in [-0.1, -0.05) is 0 Å². The Morgan fingerprint density at radius 1 is 1.44 bits per heavy atom. The van der Waals surface area contributed by atoms with Crippen LogP contribution in [0.4, 0.5) is 0 Å². The first-order valence-electron chi connectivity index (χ1n) is 6.26. The maximum absolute atomic E-state index is 6.27. The molecule has 1 aromatic carbocycles. The lowest BCUT2D eigenvalue weighted by atomic mass is 10.2. The number of rotatable bonds is 3. The number of methoxy groups -OCH3 is 1. The van der Waals surface area contributed by atoms with Crippen molar-refractivity contribution >= 4 is 22.6 Å². The maximum atomic E-state index is 6.27. The summed E-state index contributed by atoms with van der Waals surface area (Å²) in [6, 6.07) is 6.03. The van der Waals surface area contributed by atoms with Gasteiger partial charge < -0.3 is 9.30 Å². The summed E-state index contributed by atoms with van der Waals surface area (Å²) >= 11 is 6.27. The van der Waals surface area contributed by atoms with Crippen LogP contribution in [0.1, 0.15) is 37.9 Å². The fraction of sp³-hybridized carbons (Fsp3) is 0.500. The maximum Gasteiger partial charge on any atom is 0.128 e. The van der Waals surface area contributed by atoms with E-state index in [2.05, 4.69) is 22.5 Å². The molecule has 1 aromatic heterocycles. The van der Waals surface area contributed by atoms with Gasteiger partial charge in [-0.25, -0.2) is 4.98 Å². The molecule has 1 saturated carbocycles. The van der Waals surface area contributed by atoms with Crippen LogP contribution in [-0.4, -0.2) is 16.7 Å². The summed E-state index contributed by atoms with van der Waals surface area (Å²) in [4.78, 5) is 4.68. The third-order valence-corrected chi connectivity index (χ3v) is 3.95. The van der Waals surface area contributed by atoms with E-state index in [1.165, 1.54) is 12.8 Å². The number of hydrogen-bond donors (Lipinski definition) is 0. The van der Waals surface area contributed by atoms with Crippen LogP contribution in [0.2, 0.25) is 0 Å². The van der Waals surface area contributed by atoms with E-state index < -0.39 is 0 Å². The standard InChI is InChI=1S/C14H17ClN2O/c1-9(15)13-16-11-8-10(18-3)4-5-12(11)17(13)14(2)6-7-14/h4-5,8-9H,6-7H2,1-3H3. The smallest absolute Gasteiger partial charge is 0.128 e. The van der Waals surface area contributed by atoms with Gasteiger partial charge >= 0.3 is 0 Å². The summed E-state index contributed by atoms with van der Waals surface area (Å²) in [5, 5.41) is -0.0826. The fourth-order valence-electron chi connectivity index (χ4n) is 2.44. The van der Waals surface area contributed by atoms with E-state index in [4.69, 9.17) is 16.3 Å². The molecule has 0 bridgehead atoms. The second-order valence-electron chi connectivity index (χ2n) is 5.27. The van der Waals surface area contributed by atoms with Crippen molar-refractivity contribution in [1.82, 2.24) is 9.55 Å². The van der Waals surface area contributed by atoms with E-state index in [0.29, 0.717) is 0 Å². The van der Waals surface area contributed by atoms with Gasteiger partial charge in [-0.05, 0) is 38.8 Å². The molecule has 1 fully saturated rings. The average molecular weight is 265 g/mol. The molecular formula is C14H17ClN2O. The van der Waals surface area contributed by atoms with E-state index in [1.807, 2.05) is 19.1 Å². The Hall–Kier alpha value is -1.22. The van der Waals surface area contributed by atoms with Gasteiger partial charge in [-0.15, -0.1) is 11.6 Å². The van der Waals surface area contributed by atoms with Gasteiger partial charge in [0, 0.05) is 11.6 Å². The average Bonchev–Trinajstić information content (AvgIpc) is 2.96. The molecule has 1 aliphatic rings. The van der Waals surface area contributed by atoms with Crippen LogP contribution in [0.3, 0.4) is 0 Å². The molecule has 0 radical (unpaired) electrons. The van der Waals surface area contributed by atoms with Crippen LogP contribution in [-0.2, 0) is 5.54 Å². The minimum absolute atomic E-state index is 0.0826. The lowest BCUT2D eigenvalue weighted by Crippen LogP contribution is -2.16. The number of imidazole rings is 1. The highest BCUT2D eigenvalue weighted by Crippen LogP contribution is 2.47. The van der Waals surface area contributed by atoms with Crippen molar-refractivity contribution in [3.63, 3.8) is 0 Å². The Labute approximate surface area is 112 Å². The lowest BCUT2D eigenvalue weighted by Gasteiger charge is -2.17. The van der Waals surface area contributed by atoms with Gasteiger partial charge in [0.1, 0.15) is 11.6 Å². The molecule has 0 saturated heterocycles. The van der Waals surface area contributed by atoms with Crippen LogP contribution in [0.5, 0.6) is 5.75 Å². The summed E-state index contributed by atoms with van der Waals surface area (Å²) in [5.74, 6) is 1.79. The minimum atomic E-state index is -0.0826. The molecule has 3 nitrogen and oxygen atoms in total. The summed E-state index contributed by atoms with van der Waals surface area (Å²) in [6.45, 7) is 4.24. The molecule has 0 amide bonds. The SMILES string of the molecule is COc1ccc2c(c1)nc(C(C)Cl)n2C1(C)CC1. The van der Waals surface area contributed by atoms with E-state index in [-0.39, 0.29) is 10.9 Å². The molecule has 0 spiro atoms. The topological polar surface area (TPSA) is 27.1 Å². The Balaban J connectivity index is 2.26. The van der Waals surface area contributed by atoms with E-state index in [1.54, 1.807) is 7.11 Å². The minimum Gasteiger partial charge on any atom is -0.497 e. The summed E-state index contributed by atoms with van der Waals surface area (Å²) < 4.78 is 7.56. The zero-order valence-electron chi connectivity index (χ0n) is 10.9. The number of nitrogens with zero attached hydrogens (tertiary/aromatic N) is 2. The number of fused-ring (bicyclic) bond motifs is 1. The number of hydrogen-bond acceptors (Lipinski definition) is 2. The molecule has 2 aromatic rings. The highest BCUT2D eigenvalue weighted by molar-refractivity contribution is 6.20. The Morgan fingerprint density at radius 3 is 2.72 bits per heavy atom. The first-order valence-corrected chi connectivity index (χ1v) is 6.70. The highest BCUT2D eigenvalue weighted by atomic mass is 35.5. The molecule has 1 unspecified atom stereocenters. The molecule has 4 heteroatoms. The second-order valence-corrected chi connectivity index (χ2v) is 5.93. The zero-order chi connectivity index (χ0) is 12.9. The molecular weight excluding hydrogens is 248 g/mol. The molecule has 1 heterocycles. The van der Waals surface area contributed by atoms with Crippen molar-refractivity contribution in [2.24, 2.45) is 0 Å². The van der Waals surface area contributed by atoms with Gasteiger partial charge in [0.15, 0.2) is 0 Å². The molecule has 0 N–H and O–H groups in total. The van der Waals surface area contributed by atoms with Crippen molar-refractivity contribution in [2.45, 2.75) is 37.6 Å². The van der Waals surface area contributed by atoms with Gasteiger partial charge in [0.05, 0.1) is 23.5 Å². The highest BCUT2D eigenvalue weighted by Gasteiger charge is 2.42. The molecule has 1 aliphatic carbocycles. The first-order chi connectivity index (χ1) is 8.55. The predicted octanol–water partition coefficient (Wildman–Crippen LogP) is 3.85. The van der Waals surface area contributed by atoms with Crippen LogP contribution >= 0.6 is 11.6 Å². The molecule has 1 atom stereocenters. The van der Waals surface area contributed by atoms with E-state index >= 15 is 0 Å². The molecule has 18 heavy (non-hydrogen) atoms. The van der Waals surface area contributed by atoms with Crippen molar-refractivity contribution in [3.05, 3.63) is 24.0 Å². The third kappa shape index (κ3) is 1.69. The number of halogens is 1. The van der Waals surface area contributed by atoms with Gasteiger partial charge in [-0.3, -0.25) is 0 Å². The zero-order valence-corrected chi connectivity index (χ0v) is 11.7. The largest absolute Gasteiger partial charge is 0.497 e. The van der Waals surface area contributed by atoms with Crippen molar-refractivity contribution in [3.8, 4) is 5.75 Å². The van der Waals surface area contributed by atoms with Crippen LogP contribution in [0.15, 0.2) is 18.2 Å². The molecule has 0 aliphatic heterocycles. The van der Waals surface area contributed by atoms with Crippen LogP contribution in [0, 0.1) is 0 Å². The molecule has 96 valence electrons. The quantitative estimate of drug-likeness (QED) is 0.788. The Kier molecular flexibility index (Phi) is 2.56. The van der Waals surface area contributed by atoms with Crippen LogP contribution in [0.25, 0.3) is 11.0 Å². The monoisotopic (exact) mass is 264 g/mol. The number of ether oxygens (including phenoxy) is 1. The van der Waals surface area contributed by atoms with E-state index in [9.17, 15) is 0 Å². The molecule has 3 rings (SSSR count). The Morgan fingerprint density at radius 2 is 2.17 bits per heavy atom. The van der Waals surface area contributed by atoms with Crippen molar-refractivity contribution in [2.75, 3.05) is 7.11 Å². The number of benzene rings is 1. The summed E-state index contributed by atoms with van der Waals surface area (Å²) in [6.07, 6.45) is 2.39. The normalized spacial score (nSPS) is 18.9. The van der Waals surface area contributed by atoms with Gasteiger partial charge in [-0.2, -0.15) is 0 Å². The lowest BCUT2D eigenvalue weighted by molar-refractivity contribution is 0.415. The predicted molar refractivity (Wildman–Crippen MR) is 73.4 cm³/mol. The van der Waals surface area contributed by atoms with Crippen molar-refractivity contribution < 1.29 is 4.74 Å². The third-order valence-electron chi connectivity index (χ3n) is 3.76. The summed E-state index contributed by atoms with van der Waals surface area (Å²) in [7, 11) is 1.67. The van der Waals surface area contributed by atoms with Crippen molar-refractivity contribution in [1.29, 1.82) is 0 Å². The number of alkyl halides is 1. The Bertz CT molecular complexity index is 599. The van der Waals surface area contributed by atoms with E-state index in [0.717, 1.165) is 22.6 Å². The van der Waals surface area contributed by atoms with Crippen LogP contribution < -0.4 is 4.74 Å². The number of aromatic nitrogens is 2. The van der Waals surface area contributed by atoms with Gasteiger partial charge in [0.2, 0.25) is 0 Å². The second kappa shape index (κ2) is 3.89.